The van der Waals surface area contributed by atoms with Gasteiger partial charge in [0.25, 0.3) is 5.91 Å². The predicted molar refractivity (Wildman–Crippen MR) is 135 cm³/mol. The summed E-state index contributed by atoms with van der Waals surface area (Å²) < 4.78 is 39.7. The number of hydrogen-bond acceptors (Lipinski definition) is 6. The molecule has 186 valence electrons. The molecule has 1 aliphatic rings. The fourth-order valence-electron chi connectivity index (χ4n) is 4.17. The molecular formula is C27H27N3O5S. The molecule has 9 heteroatoms. The van der Waals surface area contributed by atoms with E-state index in [-0.39, 0.29) is 48.3 Å². The zero-order chi connectivity index (χ0) is 25.9. The minimum absolute atomic E-state index is 0.0735. The van der Waals surface area contributed by atoms with E-state index in [1.165, 1.54) is 22.5 Å². The molecule has 0 aromatic heterocycles. The SMILES string of the molecule is COc1ccc(C(=O)N2CCN(S(=O)(=O)c3cc(C#N)ccc3Oc3cc(C)cc(C)c3)CC2)cc1. The molecule has 1 fully saturated rings. The summed E-state index contributed by atoms with van der Waals surface area (Å²) in [4.78, 5) is 14.4. The minimum atomic E-state index is -3.99. The lowest BCUT2D eigenvalue weighted by Gasteiger charge is -2.34. The largest absolute Gasteiger partial charge is 0.497 e. The van der Waals surface area contributed by atoms with Gasteiger partial charge >= 0.3 is 0 Å². The molecule has 0 spiro atoms. The Bertz CT molecular complexity index is 1400. The molecule has 0 radical (unpaired) electrons. The molecule has 1 saturated heterocycles. The monoisotopic (exact) mass is 505 g/mol. The van der Waals surface area contributed by atoms with Gasteiger partial charge in [0.05, 0.1) is 18.7 Å². The second-order valence-electron chi connectivity index (χ2n) is 8.62. The fraction of sp³-hybridized carbons (Fsp3) is 0.259. The van der Waals surface area contributed by atoms with Crippen molar-refractivity contribution in [3.05, 3.63) is 82.9 Å². The number of benzene rings is 3. The average molecular weight is 506 g/mol. The van der Waals surface area contributed by atoms with Crippen LogP contribution in [-0.2, 0) is 10.0 Å². The smallest absolute Gasteiger partial charge is 0.253 e. The van der Waals surface area contributed by atoms with E-state index in [0.717, 1.165) is 11.1 Å². The van der Waals surface area contributed by atoms with Gasteiger partial charge in [0.1, 0.15) is 22.1 Å². The van der Waals surface area contributed by atoms with Crippen LogP contribution in [0, 0.1) is 25.2 Å². The molecule has 0 unspecified atom stereocenters. The average Bonchev–Trinajstić information content (AvgIpc) is 2.88. The van der Waals surface area contributed by atoms with Gasteiger partial charge in [-0.3, -0.25) is 4.79 Å². The summed E-state index contributed by atoms with van der Waals surface area (Å²) in [6.07, 6.45) is 0. The molecule has 1 amide bonds. The topological polar surface area (TPSA) is 99.9 Å². The van der Waals surface area contributed by atoms with Crippen molar-refractivity contribution >= 4 is 15.9 Å². The molecule has 1 aliphatic heterocycles. The fourth-order valence-corrected chi connectivity index (χ4v) is 5.73. The number of sulfonamides is 1. The Balaban J connectivity index is 1.55. The van der Waals surface area contributed by atoms with Crippen LogP contribution in [0.3, 0.4) is 0 Å². The van der Waals surface area contributed by atoms with Crippen LogP contribution >= 0.6 is 0 Å². The highest BCUT2D eigenvalue weighted by atomic mass is 32.2. The summed E-state index contributed by atoms with van der Waals surface area (Å²) in [6, 6.07) is 18.8. The molecule has 4 rings (SSSR count). The van der Waals surface area contributed by atoms with E-state index in [1.807, 2.05) is 38.1 Å². The lowest BCUT2D eigenvalue weighted by atomic mass is 10.1. The van der Waals surface area contributed by atoms with E-state index in [1.54, 1.807) is 36.3 Å². The first-order chi connectivity index (χ1) is 17.2. The van der Waals surface area contributed by atoms with Crippen molar-refractivity contribution < 1.29 is 22.7 Å². The van der Waals surface area contributed by atoms with Gasteiger partial charge in [-0.05, 0) is 79.6 Å². The Kier molecular flexibility index (Phi) is 7.29. The lowest BCUT2D eigenvalue weighted by molar-refractivity contribution is 0.0697. The number of carbonyl (C=O) groups excluding carboxylic acids is 1. The van der Waals surface area contributed by atoms with Gasteiger partial charge in [-0.15, -0.1) is 0 Å². The number of rotatable bonds is 6. The molecule has 3 aromatic carbocycles. The number of aryl methyl sites for hydroxylation is 2. The summed E-state index contributed by atoms with van der Waals surface area (Å²) in [5.41, 5.74) is 2.70. The normalized spacial score (nSPS) is 14.2. The number of hydrogen-bond donors (Lipinski definition) is 0. The summed E-state index contributed by atoms with van der Waals surface area (Å²) in [5.74, 6) is 1.15. The van der Waals surface area contributed by atoms with Crippen molar-refractivity contribution in [3.63, 3.8) is 0 Å². The van der Waals surface area contributed by atoms with E-state index in [2.05, 4.69) is 0 Å². The van der Waals surface area contributed by atoms with Gasteiger partial charge in [-0.2, -0.15) is 9.57 Å². The molecule has 3 aromatic rings. The predicted octanol–water partition coefficient (Wildman–Crippen LogP) is 4.12. The van der Waals surface area contributed by atoms with Crippen LogP contribution in [0.4, 0.5) is 0 Å². The highest BCUT2D eigenvalue weighted by Gasteiger charge is 2.33. The van der Waals surface area contributed by atoms with Gasteiger partial charge in [-0.1, -0.05) is 6.07 Å². The van der Waals surface area contributed by atoms with Crippen molar-refractivity contribution in [3.8, 4) is 23.3 Å². The summed E-state index contributed by atoms with van der Waals surface area (Å²) in [5, 5.41) is 9.38. The first-order valence-corrected chi connectivity index (χ1v) is 12.9. The van der Waals surface area contributed by atoms with E-state index in [4.69, 9.17) is 9.47 Å². The summed E-state index contributed by atoms with van der Waals surface area (Å²) >= 11 is 0. The molecule has 0 aliphatic carbocycles. The Hall–Kier alpha value is -3.87. The molecule has 36 heavy (non-hydrogen) atoms. The zero-order valence-corrected chi connectivity index (χ0v) is 21.2. The maximum absolute atomic E-state index is 13.6. The number of nitriles is 1. The molecule has 1 heterocycles. The second-order valence-corrected chi connectivity index (χ2v) is 10.5. The number of carbonyl (C=O) groups is 1. The van der Waals surface area contributed by atoms with Crippen LogP contribution in [0.2, 0.25) is 0 Å². The van der Waals surface area contributed by atoms with Gasteiger partial charge in [0.15, 0.2) is 0 Å². The third-order valence-corrected chi connectivity index (χ3v) is 7.90. The zero-order valence-electron chi connectivity index (χ0n) is 20.4. The number of methoxy groups -OCH3 is 1. The first-order valence-electron chi connectivity index (χ1n) is 11.4. The molecule has 0 atom stereocenters. The molecule has 8 nitrogen and oxygen atoms in total. The Morgan fingerprint density at radius 1 is 0.889 bits per heavy atom. The standard InChI is InChI=1S/C27H27N3O5S/c1-19-14-20(2)16-24(15-19)35-25-9-4-21(18-28)17-26(25)36(32,33)30-12-10-29(11-13-30)27(31)22-5-7-23(34-3)8-6-22/h4-9,14-17H,10-13H2,1-3H3. The van der Waals surface area contributed by atoms with Crippen molar-refractivity contribution in [2.24, 2.45) is 0 Å². The van der Waals surface area contributed by atoms with Crippen molar-refractivity contribution in [2.75, 3.05) is 33.3 Å². The third kappa shape index (κ3) is 5.35. The van der Waals surface area contributed by atoms with Crippen LogP contribution < -0.4 is 9.47 Å². The third-order valence-electron chi connectivity index (χ3n) is 5.98. The maximum atomic E-state index is 13.6. The highest BCUT2D eigenvalue weighted by molar-refractivity contribution is 7.89. The highest BCUT2D eigenvalue weighted by Crippen LogP contribution is 2.33. The van der Waals surface area contributed by atoms with Gasteiger partial charge < -0.3 is 14.4 Å². The quantitative estimate of drug-likeness (QED) is 0.500. The molecule has 0 bridgehead atoms. The molecular weight excluding hydrogens is 478 g/mol. The summed E-state index contributed by atoms with van der Waals surface area (Å²) in [7, 11) is -2.43. The van der Waals surface area contributed by atoms with E-state index >= 15 is 0 Å². The Labute approximate surface area is 211 Å². The van der Waals surface area contributed by atoms with Crippen molar-refractivity contribution in [1.29, 1.82) is 5.26 Å². The van der Waals surface area contributed by atoms with E-state index in [0.29, 0.717) is 17.1 Å². The second kappa shape index (κ2) is 10.4. The lowest BCUT2D eigenvalue weighted by Crippen LogP contribution is -2.50. The van der Waals surface area contributed by atoms with Gasteiger partial charge in [-0.25, -0.2) is 8.42 Å². The van der Waals surface area contributed by atoms with Crippen LogP contribution in [0.15, 0.2) is 65.6 Å². The van der Waals surface area contributed by atoms with Crippen molar-refractivity contribution in [2.45, 2.75) is 18.7 Å². The Morgan fingerprint density at radius 3 is 2.11 bits per heavy atom. The molecule has 0 N–H and O–H groups in total. The maximum Gasteiger partial charge on any atom is 0.253 e. The number of ether oxygens (including phenoxy) is 2. The summed E-state index contributed by atoms with van der Waals surface area (Å²) in [6.45, 7) is 4.62. The van der Waals surface area contributed by atoms with Crippen LogP contribution in [0.25, 0.3) is 0 Å². The van der Waals surface area contributed by atoms with E-state index < -0.39 is 10.0 Å². The van der Waals surface area contributed by atoms with Crippen LogP contribution in [-0.4, -0.2) is 56.8 Å². The first kappa shape index (κ1) is 25.2. The Morgan fingerprint density at radius 2 is 1.53 bits per heavy atom. The van der Waals surface area contributed by atoms with Crippen LogP contribution in [0.1, 0.15) is 27.0 Å². The molecule has 0 saturated carbocycles. The minimum Gasteiger partial charge on any atom is -0.497 e. The van der Waals surface area contributed by atoms with E-state index in [9.17, 15) is 18.5 Å². The van der Waals surface area contributed by atoms with Crippen LogP contribution in [0.5, 0.6) is 17.2 Å². The van der Waals surface area contributed by atoms with Crippen molar-refractivity contribution in [1.82, 2.24) is 9.21 Å². The number of piperazine rings is 1. The van der Waals surface area contributed by atoms with Gasteiger partial charge in [0.2, 0.25) is 10.0 Å². The number of nitrogens with zero attached hydrogens (tertiary/aromatic N) is 3. The number of amides is 1. The van der Waals surface area contributed by atoms with Gasteiger partial charge in [0, 0.05) is 31.7 Å².